The highest BCUT2D eigenvalue weighted by Crippen LogP contribution is 2.49. The molecule has 1 fully saturated rings. The average Bonchev–Trinajstić information content (AvgIpc) is 2.78. The summed E-state index contributed by atoms with van der Waals surface area (Å²) >= 11 is 2.36. The number of ether oxygens (including phenoxy) is 1. The van der Waals surface area contributed by atoms with Gasteiger partial charge in [-0.1, -0.05) is 27.2 Å². The van der Waals surface area contributed by atoms with Gasteiger partial charge >= 0.3 is 0 Å². The van der Waals surface area contributed by atoms with Crippen molar-refractivity contribution in [2.75, 3.05) is 6.61 Å². The van der Waals surface area contributed by atoms with Gasteiger partial charge in [0.25, 0.3) is 5.92 Å². The van der Waals surface area contributed by atoms with Crippen molar-refractivity contribution in [2.45, 2.75) is 64.3 Å². The maximum Gasteiger partial charge on any atom is 0.252 e. The van der Waals surface area contributed by atoms with Crippen molar-refractivity contribution in [1.82, 2.24) is 4.57 Å². The van der Waals surface area contributed by atoms with Gasteiger partial charge in [-0.25, -0.2) is 8.78 Å². The highest BCUT2D eigenvalue weighted by molar-refractivity contribution is 14.1. The first-order valence-electron chi connectivity index (χ1n) is 8.68. The summed E-state index contributed by atoms with van der Waals surface area (Å²) in [6.07, 6.45) is 2.02. The van der Waals surface area contributed by atoms with Gasteiger partial charge in [-0.05, 0) is 53.1 Å². The highest BCUT2D eigenvalue weighted by atomic mass is 127. The number of fused-ring (bicyclic) bond motifs is 1. The Morgan fingerprint density at radius 2 is 2.04 bits per heavy atom. The Morgan fingerprint density at radius 1 is 1.33 bits per heavy atom. The van der Waals surface area contributed by atoms with Crippen LogP contribution in [0.3, 0.4) is 0 Å². The zero-order chi connectivity index (χ0) is 17.5. The Hall–Kier alpha value is -0.850. The summed E-state index contributed by atoms with van der Waals surface area (Å²) in [5.41, 5.74) is 2.21. The summed E-state index contributed by atoms with van der Waals surface area (Å²) in [6.45, 7) is 7.11. The van der Waals surface area contributed by atoms with Crippen molar-refractivity contribution < 1.29 is 13.5 Å². The number of unbranched alkanes of at least 4 members (excludes halogenated alkanes) is 1. The van der Waals surface area contributed by atoms with Crippen LogP contribution in [0.5, 0.6) is 5.75 Å². The van der Waals surface area contributed by atoms with Crippen LogP contribution >= 0.6 is 22.6 Å². The van der Waals surface area contributed by atoms with Crippen LogP contribution in [0.4, 0.5) is 8.78 Å². The SMILES string of the molecule is CCCCOc1ccc2c(c1)c(I)c(C(C)C)n2C1CC(F)(F)C1. The first-order chi connectivity index (χ1) is 11.3. The predicted molar refractivity (Wildman–Crippen MR) is 102 cm³/mol. The van der Waals surface area contributed by atoms with E-state index in [-0.39, 0.29) is 18.9 Å². The van der Waals surface area contributed by atoms with E-state index in [2.05, 4.69) is 54.0 Å². The molecule has 0 aliphatic heterocycles. The van der Waals surface area contributed by atoms with E-state index in [1.54, 1.807) is 0 Å². The van der Waals surface area contributed by atoms with E-state index in [0.717, 1.165) is 38.8 Å². The van der Waals surface area contributed by atoms with Crippen LogP contribution < -0.4 is 4.74 Å². The van der Waals surface area contributed by atoms with E-state index in [9.17, 15) is 8.78 Å². The average molecular weight is 447 g/mol. The summed E-state index contributed by atoms with van der Waals surface area (Å²) in [5.74, 6) is -1.35. The molecule has 1 heterocycles. The van der Waals surface area contributed by atoms with E-state index in [0.29, 0.717) is 12.5 Å². The Bertz CT molecular complexity index is 731. The number of nitrogens with zero attached hydrogens (tertiary/aromatic N) is 1. The number of halogens is 3. The Balaban J connectivity index is 2.01. The lowest BCUT2D eigenvalue weighted by Gasteiger charge is -2.38. The normalized spacial score (nSPS) is 17.5. The van der Waals surface area contributed by atoms with Crippen LogP contribution in [0.25, 0.3) is 10.9 Å². The van der Waals surface area contributed by atoms with Crippen LogP contribution in [-0.4, -0.2) is 17.1 Å². The monoisotopic (exact) mass is 447 g/mol. The smallest absolute Gasteiger partial charge is 0.252 e. The molecule has 0 amide bonds. The fourth-order valence-electron chi connectivity index (χ4n) is 3.44. The molecule has 0 unspecified atom stereocenters. The van der Waals surface area contributed by atoms with Crippen LogP contribution in [-0.2, 0) is 0 Å². The van der Waals surface area contributed by atoms with Crippen molar-refractivity contribution in [1.29, 1.82) is 0 Å². The van der Waals surface area contributed by atoms with Crippen molar-refractivity contribution in [3.8, 4) is 5.75 Å². The summed E-state index contributed by atoms with van der Waals surface area (Å²) in [7, 11) is 0. The van der Waals surface area contributed by atoms with E-state index in [1.165, 1.54) is 0 Å². The molecule has 1 aromatic heterocycles. The fourth-order valence-corrected chi connectivity index (χ4v) is 4.75. The Morgan fingerprint density at radius 3 is 2.62 bits per heavy atom. The van der Waals surface area contributed by atoms with Gasteiger partial charge in [-0.15, -0.1) is 0 Å². The molecule has 2 nitrogen and oxygen atoms in total. The quantitative estimate of drug-likeness (QED) is 0.363. The van der Waals surface area contributed by atoms with Gasteiger partial charge in [-0.3, -0.25) is 0 Å². The molecule has 24 heavy (non-hydrogen) atoms. The summed E-state index contributed by atoms with van der Waals surface area (Å²) in [4.78, 5) is 0. The molecular weight excluding hydrogens is 423 g/mol. The van der Waals surface area contributed by atoms with Crippen LogP contribution in [0.1, 0.15) is 64.1 Å². The second-order valence-electron chi connectivity index (χ2n) is 7.02. The van der Waals surface area contributed by atoms with Crippen molar-refractivity contribution in [3.63, 3.8) is 0 Å². The number of benzene rings is 1. The third-order valence-electron chi connectivity index (χ3n) is 4.70. The molecule has 0 spiro atoms. The van der Waals surface area contributed by atoms with Gasteiger partial charge in [0.05, 0.1) is 6.61 Å². The second kappa shape index (κ2) is 6.81. The molecule has 0 saturated heterocycles. The zero-order valence-corrected chi connectivity index (χ0v) is 16.6. The lowest BCUT2D eigenvalue weighted by Crippen LogP contribution is -2.37. The first-order valence-corrected chi connectivity index (χ1v) is 9.76. The number of rotatable bonds is 6. The van der Waals surface area contributed by atoms with Crippen molar-refractivity contribution >= 4 is 33.5 Å². The third kappa shape index (κ3) is 3.28. The molecule has 5 heteroatoms. The second-order valence-corrected chi connectivity index (χ2v) is 8.10. The number of hydrogen-bond donors (Lipinski definition) is 0. The van der Waals surface area contributed by atoms with Crippen molar-refractivity contribution in [2.24, 2.45) is 0 Å². The molecule has 1 aliphatic rings. The van der Waals surface area contributed by atoms with E-state index in [4.69, 9.17) is 4.74 Å². The van der Waals surface area contributed by atoms with Crippen LogP contribution in [0.2, 0.25) is 0 Å². The van der Waals surface area contributed by atoms with Crippen molar-refractivity contribution in [3.05, 3.63) is 27.5 Å². The zero-order valence-electron chi connectivity index (χ0n) is 14.4. The first kappa shape index (κ1) is 18.0. The lowest BCUT2D eigenvalue weighted by molar-refractivity contribution is -0.103. The van der Waals surface area contributed by atoms with E-state index >= 15 is 0 Å². The molecule has 132 valence electrons. The summed E-state index contributed by atoms with van der Waals surface area (Å²) in [5, 5.41) is 1.11. The Kier molecular flexibility index (Phi) is 5.09. The Labute approximate surface area is 155 Å². The standard InChI is InChI=1S/C19H24F2INO/c1-4-5-8-24-14-6-7-16-15(9-14)17(22)18(12(2)3)23(16)13-10-19(20,21)11-13/h6-7,9,12-13H,4-5,8,10-11H2,1-3H3. The minimum Gasteiger partial charge on any atom is -0.494 e. The summed E-state index contributed by atoms with van der Waals surface area (Å²) < 4.78 is 36.0. The van der Waals surface area contributed by atoms with E-state index < -0.39 is 5.92 Å². The minimum atomic E-state index is -2.51. The molecule has 3 rings (SSSR count). The highest BCUT2D eigenvalue weighted by Gasteiger charge is 2.47. The van der Waals surface area contributed by atoms with Gasteiger partial charge < -0.3 is 9.30 Å². The predicted octanol–water partition coefficient (Wildman–Crippen LogP) is 6.52. The topological polar surface area (TPSA) is 14.2 Å². The van der Waals surface area contributed by atoms with Gasteiger partial charge in [-0.2, -0.15) is 0 Å². The van der Waals surface area contributed by atoms with Gasteiger partial charge in [0.15, 0.2) is 0 Å². The fraction of sp³-hybridized carbons (Fsp3) is 0.579. The molecule has 0 atom stereocenters. The number of alkyl halides is 2. The van der Waals surface area contributed by atoms with Gasteiger partial charge in [0, 0.05) is 39.1 Å². The molecule has 1 saturated carbocycles. The number of aromatic nitrogens is 1. The molecule has 1 aliphatic carbocycles. The van der Waals surface area contributed by atoms with E-state index in [1.807, 2.05) is 12.1 Å². The van der Waals surface area contributed by atoms with Crippen LogP contribution in [0.15, 0.2) is 18.2 Å². The molecule has 0 N–H and O–H groups in total. The minimum absolute atomic E-state index is 0.0542. The third-order valence-corrected chi connectivity index (χ3v) is 5.83. The van der Waals surface area contributed by atoms with Crippen LogP contribution in [0, 0.1) is 3.57 Å². The molecule has 0 bridgehead atoms. The maximum absolute atomic E-state index is 13.4. The largest absolute Gasteiger partial charge is 0.494 e. The molecular formula is C19H24F2INO. The molecule has 0 radical (unpaired) electrons. The molecule has 2 aromatic rings. The number of hydrogen-bond acceptors (Lipinski definition) is 1. The molecule has 1 aromatic carbocycles. The lowest BCUT2D eigenvalue weighted by atomic mass is 9.87. The maximum atomic E-state index is 13.4. The summed E-state index contributed by atoms with van der Waals surface area (Å²) in [6, 6.07) is 5.95. The van der Waals surface area contributed by atoms with Gasteiger partial charge in [0.2, 0.25) is 0 Å². The van der Waals surface area contributed by atoms with Gasteiger partial charge in [0.1, 0.15) is 5.75 Å².